The molecule has 1 rings (SSSR count). The lowest BCUT2D eigenvalue weighted by molar-refractivity contribution is -0.156. The molecule has 0 radical (unpaired) electrons. The van der Waals surface area contributed by atoms with E-state index >= 15 is 0 Å². The molecule has 0 bridgehead atoms. The minimum Gasteiger partial charge on any atom is -0.466 e. The molecule has 1 N–H and O–H groups in total. The Bertz CT molecular complexity index is 229. The lowest BCUT2D eigenvalue weighted by Gasteiger charge is -2.24. The fourth-order valence-corrected chi connectivity index (χ4v) is 2.14. The van der Waals surface area contributed by atoms with Crippen molar-refractivity contribution >= 4 is 5.97 Å². The Kier molecular flexibility index (Phi) is 5.22. The van der Waals surface area contributed by atoms with Crippen LogP contribution in [-0.2, 0) is 14.3 Å². The highest BCUT2D eigenvalue weighted by atomic mass is 16.5. The molecule has 0 aliphatic carbocycles. The smallest absolute Gasteiger partial charge is 0.311 e. The SMILES string of the molecule is CCOC(=O)C(CC)C(O)C1CCC(C)O1. The van der Waals surface area contributed by atoms with Crippen molar-refractivity contribution in [2.75, 3.05) is 6.61 Å². The standard InChI is InChI=1S/C12H22O4/c1-4-9(12(14)15-5-2)11(13)10-7-6-8(3)16-10/h8-11,13H,4-7H2,1-3H3. The summed E-state index contributed by atoms with van der Waals surface area (Å²) in [5.41, 5.74) is 0. The summed E-state index contributed by atoms with van der Waals surface area (Å²) in [6, 6.07) is 0. The first kappa shape index (κ1) is 13.5. The highest BCUT2D eigenvalue weighted by Gasteiger charge is 2.36. The Morgan fingerprint density at radius 3 is 2.62 bits per heavy atom. The molecular formula is C12H22O4. The van der Waals surface area contributed by atoms with Gasteiger partial charge in [0.1, 0.15) is 0 Å². The predicted molar refractivity (Wildman–Crippen MR) is 60.0 cm³/mol. The molecule has 1 aliphatic heterocycles. The van der Waals surface area contributed by atoms with Gasteiger partial charge < -0.3 is 14.6 Å². The maximum atomic E-state index is 11.6. The van der Waals surface area contributed by atoms with Crippen molar-refractivity contribution in [3.8, 4) is 0 Å². The molecule has 0 amide bonds. The number of carbonyl (C=O) groups is 1. The maximum absolute atomic E-state index is 11.6. The van der Waals surface area contributed by atoms with E-state index < -0.39 is 12.0 Å². The first-order chi connectivity index (χ1) is 7.60. The lowest BCUT2D eigenvalue weighted by Crippen LogP contribution is -2.38. The number of hydrogen-bond acceptors (Lipinski definition) is 4. The highest BCUT2D eigenvalue weighted by Crippen LogP contribution is 2.26. The second-order valence-corrected chi connectivity index (χ2v) is 4.32. The second kappa shape index (κ2) is 6.21. The van der Waals surface area contributed by atoms with Gasteiger partial charge in [0.05, 0.1) is 30.8 Å². The van der Waals surface area contributed by atoms with Gasteiger partial charge in [0, 0.05) is 0 Å². The van der Waals surface area contributed by atoms with E-state index in [1.54, 1.807) is 6.92 Å². The van der Waals surface area contributed by atoms with Crippen molar-refractivity contribution < 1.29 is 19.4 Å². The van der Waals surface area contributed by atoms with Gasteiger partial charge in [-0.05, 0) is 33.1 Å². The number of ether oxygens (including phenoxy) is 2. The van der Waals surface area contributed by atoms with Crippen molar-refractivity contribution in [1.29, 1.82) is 0 Å². The Morgan fingerprint density at radius 1 is 1.50 bits per heavy atom. The molecule has 0 aromatic rings. The second-order valence-electron chi connectivity index (χ2n) is 4.32. The van der Waals surface area contributed by atoms with E-state index in [1.807, 2.05) is 13.8 Å². The highest BCUT2D eigenvalue weighted by molar-refractivity contribution is 5.73. The van der Waals surface area contributed by atoms with Crippen LogP contribution in [0.5, 0.6) is 0 Å². The van der Waals surface area contributed by atoms with Crippen LogP contribution in [0.4, 0.5) is 0 Å². The van der Waals surface area contributed by atoms with Crippen molar-refractivity contribution in [3.63, 3.8) is 0 Å². The molecule has 16 heavy (non-hydrogen) atoms. The number of aliphatic hydroxyl groups excluding tert-OH is 1. The number of hydrogen-bond donors (Lipinski definition) is 1. The van der Waals surface area contributed by atoms with E-state index in [9.17, 15) is 9.90 Å². The van der Waals surface area contributed by atoms with Crippen LogP contribution >= 0.6 is 0 Å². The van der Waals surface area contributed by atoms with Crippen molar-refractivity contribution in [1.82, 2.24) is 0 Å². The number of esters is 1. The molecule has 1 fully saturated rings. The summed E-state index contributed by atoms with van der Waals surface area (Å²) in [7, 11) is 0. The Labute approximate surface area is 96.9 Å². The van der Waals surface area contributed by atoms with Crippen molar-refractivity contribution in [3.05, 3.63) is 0 Å². The summed E-state index contributed by atoms with van der Waals surface area (Å²) < 4.78 is 10.5. The van der Waals surface area contributed by atoms with Crippen LogP contribution in [0.3, 0.4) is 0 Å². The summed E-state index contributed by atoms with van der Waals surface area (Å²) in [4.78, 5) is 11.6. The summed E-state index contributed by atoms with van der Waals surface area (Å²) in [5.74, 6) is -0.782. The zero-order valence-corrected chi connectivity index (χ0v) is 10.3. The minimum atomic E-state index is -0.742. The number of aliphatic hydroxyl groups is 1. The average Bonchev–Trinajstić information content (AvgIpc) is 2.66. The van der Waals surface area contributed by atoms with Gasteiger partial charge in [0.2, 0.25) is 0 Å². The predicted octanol–water partition coefficient (Wildman–Crippen LogP) is 1.50. The third-order valence-electron chi connectivity index (χ3n) is 3.09. The summed E-state index contributed by atoms with van der Waals surface area (Å²) in [6.07, 6.45) is 1.56. The molecule has 94 valence electrons. The Morgan fingerprint density at radius 2 is 2.19 bits per heavy atom. The lowest BCUT2D eigenvalue weighted by atomic mass is 9.94. The van der Waals surface area contributed by atoms with Gasteiger partial charge in [-0.1, -0.05) is 6.92 Å². The van der Waals surface area contributed by atoms with E-state index in [2.05, 4.69) is 0 Å². The quantitative estimate of drug-likeness (QED) is 0.727. The maximum Gasteiger partial charge on any atom is 0.311 e. The van der Waals surface area contributed by atoms with Crippen molar-refractivity contribution in [2.24, 2.45) is 5.92 Å². The summed E-state index contributed by atoms with van der Waals surface area (Å²) in [6.45, 7) is 5.98. The topological polar surface area (TPSA) is 55.8 Å². The van der Waals surface area contributed by atoms with Gasteiger partial charge in [-0.25, -0.2) is 0 Å². The van der Waals surface area contributed by atoms with Crippen LogP contribution in [-0.4, -0.2) is 36.0 Å². The molecule has 4 atom stereocenters. The molecular weight excluding hydrogens is 208 g/mol. The monoisotopic (exact) mass is 230 g/mol. The van der Waals surface area contributed by atoms with Gasteiger partial charge in [-0.2, -0.15) is 0 Å². The molecule has 1 heterocycles. The van der Waals surface area contributed by atoms with Crippen LogP contribution in [0, 0.1) is 5.92 Å². The van der Waals surface area contributed by atoms with Gasteiger partial charge in [0.15, 0.2) is 0 Å². The van der Waals surface area contributed by atoms with E-state index in [1.165, 1.54) is 0 Å². The van der Waals surface area contributed by atoms with E-state index in [-0.39, 0.29) is 18.2 Å². The Balaban J connectivity index is 2.54. The summed E-state index contributed by atoms with van der Waals surface area (Å²) in [5, 5.41) is 10.1. The van der Waals surface area contributed by atoms with Gasteiger partial charge in [-0.3, -0.25) is 4.79 Å². The zero-order valence-electron chi connectivity index (χ0n) is 10.3. The molecule has 0 saturated carbocycles. The zero-order chi connectivity index (χ0) is 12.1. The van der Waals surface area contributed by atoms with Crippen LogP contribution < -0.4 is 0 Å². The molecule has 0 spiro atoms. The van der Waals surface area contributed by atoms with Crippen molar-refractivity contribution in [2.45, 2.75) is 58.3 Å². The third-order valence-corrected chi connectivity index (χ3v) is 3.09. The molecule has 4 unspecified atom stereocenters. The van der Waals surface area contributed by atoms with Gasteiger partial charge in [-0.15, -0.1) is 0 Å². The molecule has 1 saturated heterocycles. The summed E-state index contributed by atoms with van der Waals surface area (Å²) >= 11 is 0. The number of carbonyl (C=O) groups excluding carboxylic acids is 1. The Hall–Kier alpha value is -0.610. The largest absolute Gasteiger partial charge is 0.466 e. The van der Waals surface area contributed by atoms with Crippen LogP contribution in [0.15, 0.2) is 0 Å². The molecule has 1 aliphatic rings. The normalized spacial score (nSPS) is 28.8. The first-order valence-corrected chi connectivity index (χ1v) is 6.10. The third kappa shape index (κ3) is 3.19. The van der Waals surface area contributed by atoms with Crippen LogP contribution in [0.1, 0.15) is 40.0 Å². The van der Waals surface area contributed by atoms with E-state index in [0.717, 1.165) is 12.8 Å². The minimum absolute atomic E-state index is 0.180. The van der Waals surface area contributed by atoms with Crippen LogP contribution in [0.2, 0.25) is 0 Å². The molecule has 4 nitrogen and oxygen atoms in total. The number of rotatable bonds is 5. The fraction of sp³-hybridized carbons (Fsp3) is 0.917. The molecule has 0 aromatic heterocycles. The van der Waals surface area contributed by atoms with Gasteiger partial charge in [0.25, 0.3) is 0 Å². The molecule has 0 aromatic carbocycles. The average molecular weight is 230 g/mol. The van der Waals surface area contributed by atoms with E-state index in [0.29, 0.717) is 13.0 Å². The molecule has 4 heteroatoms. The van der Waals surface area contributed by atoms with Gasteiger partial charge >= 0.3 is 5.97 Å². The first-order valence-electron chi connectivity index (χ1n) is 6.10. The van der Waals surface area contributed by atoms with Crippen LogP contribution in [0.25, 0.3) is 0 Å². The fourth-order valence-electron chi connectivity index (χ4n) is 2.14. The van der Waals surface area contributed by atoms with E-state index in [4.69, 9.17) is 9.47 Å².